The zero-order valence-electron chi connectivity index (χ0n) is 15.0. The summed E-state index contributed by atoms with van der Waals surface area (Å²) in [7, 11) is 0. The van der Waals surface area contributed by atoms with Gasteiger partial charge < -0.3 is 19.7 Å². The van der Waals surface area contributed by atoms with E-state index < -0.39 is 0 Å². The second-order valence-electron chi connectivity index (χ2n) is 6.65. The second-order valence-corrected chi connectivity index (χ2v) is 7.60. The van der Waals surface area contributed by atoms with E-state index in [9.17, 15) is 9.59 Å². The van der Waals surface area contributed by atoms with Gasteiger partial charge in [-0.1, -0.05) is 12.1 Å². The van der Waals surface area contributed by atoms with Gasteiger partial charge in [0.15, 0.2) is 11.5 Å². The molecule has 0 radical (unpaired) electrons. The van der Waals surface area contributed by atoms with E-state index >= 15 is 0 Å². The highest BCUT2D eigenvalue weighted by atomic mass is 32.1. The lowest BCUT2D eigenvalue weighted by Gasteiger charge is -2.23. The van der Waals surface area contributed by atoms with Crippen LogP contribution in [-0.2, 0) is 11.2 Å². The third-order valence-corrected chi connectivity index (χ3v) is 5.73. The lowest BCUT2D eigenvalue weighted by atomic mass is 10.1. The predicted octanol–water partition coefficient (Wildman–Crippen LogP) is 2.48. The molecule has 0 spiro atoms. The maximum absolute atomic E-state index is 12.6. The maximum Gasteiger partial charge on any atom is 0.264 e. The van der Waals surface area contributed by atoms with Crippen LogP contribution in [0.25, 0.3) is 0 Å². The number of carbonyl (C=O) groups is 2. The van der Waals surface area contributed by atoms with Gasteiger partial charge in [-0.15, -0.1) is 11.3 Å². The van der Waals surface area contributed by atoms with Crippen molar-refractivity contribution < 1.29 is 19.1 Å². The number of rotatable bonds is 5. The topological polar surface area (TPSA) is 67.9 Å². The number of carbonyl (C=O) groups excluding carboxylic acids is 2. The van der Waals surface area contributed by atoms with E-state index in [-0.39, 0.29) is 17.9 Å². The molecule has 27 heavy (non-hydrogen) atoms. The molecular formula is C20H22N2O4S. The SMILES string of the molecule is O=C(NCCc1ccc2c(c1)OCCO2)[C@H]1CCCN1C(=O)c1cccs1. The number of fused-ring (bicyclic) bond motifs is 1. The highest BCUT2D eigenvalue weighted by molar-refractivity contribution is 7.12. The zero-order chi connectivity index (χ0) is 18.6. The first-order valence-electron chi connectivity index (χ1n) is 9.23. The summed E-state index contributed by atoms with van der Waals surface area (Å²) in [6.45, 7) is 2.29. The van der Waals surface area contributed by atoms with Crippen LogP contribution in [0.3, 0.4) is 0 Å². The smallest absolute Gasteiger partial charge is 0.264 e. The lowest BCUT2D eigenvalue weighted by molar-refractivity contribution is -0.124. The third-order valence-electron chi connectivity index (χ3n) is 4.87. The molecule has 7 heteroatoms. The molecule has 2 aromatic rings. The van der Waals surface area contributed by atoms with Crippen molar-refractivity contribution in [3.63, 3.8) is 0 Å². The Morgan fingerprint density at radius 3 is 2.85 bits per heavy atom. The first kappa shape index (κ1) is 17.9. The molecule has 3 heterocycles. The summed E-state index contributed by atoms with van der Waals surface area (Å²) in [6.07, 6.45) is 2.28. The zero-order valence-corrected chi connectivity index (χ0v) is 15.8. The molecule has 1 saturated heterocycles. The van der Waals surface area contributed by atoms with Crippen molar-refractivity contribution in [2.24, 2.45) is 0 Å². The quantitative estimate of drug-likeness (QED) is 0.857. The molecule has 1 atom stereocenters. The molecule has 0 saturated carbocycles. The third kappa shape index (κ3) is 3.93. The van der Waals surface area contributed by atoms with Crippen LogP contribution in [0, 0.1) is 0 Å². The normalized spacial score (nSPS) is 18.4. The number of benzene rings is 1. The van der Waals surface area contributed by atoms with E-state index in [1.807, 2.05) is 35.7 Å². The van der Waals surface area contributed by atoms with Gasteiger partial charge in [-0.3, -0.25) is 9.59 Å². The summed E-state index contributed by atoms with van der Waals surface area (Å²) >= 11 is 1.41. The van der Waals surface area contributed by atoms with Crippen LogP contribution < -0.4 is 14.8 Å². The Bertz CT molecular complexity index is 821. The van der Waals surface area contributed by atoms with Crippen molar-refractivity contribution in [2.75, 3.05) is 26.3 Å². The Morgan fingerprint density at radius 2 is 2.04 bits per heavy atom. The molecule has 1 aromatic heterocycles. The molecule has 0 aliphatic carbocycles. The van der Waals surface area contributed by atoms with Crippen molar-refractivity contribution in [2.45, 2.75) is 25.3 Å². The Kier molecular flexibility index (Phi) is 5.29. The van der Waals surface area contributed by atoms with Crippen LogP contribution >= 0.6 is 11.3 Å². The Labute approximate surface area is 162 Å². The Morgan fingerprint density at radius 1 is 1.19 bits per heavy atom. The average Bonchev–Trinajstić information content (AvgIpc) is 3.39. The van der Waals surface area contributed by atoms with Crippen LogP contribution in [0.15, 0.2) is 35.7 Å². The van der Waals surface area contributed by atoms with E-state index in [1.54, 1.807) is 4.90 Å². The average molecular weight is 386 g/mol. The number of thiophene rings is 1. The molecule has 2 amide bonds. The summed E-state index contributed by atoms with van der Waals surface area (Å²) < 4.78 is 11.1. The monoisotopic (exact) mass is 386 g/mol. The summed E-state index contributed by atoms with van der Waals surface area (Å²) in [5, 5.41) is 4.86. The number of hydrogen-bond donors (Lipinski definition) is 1. The Balaban J connectivity index is 1.32. The molecule has 0 unspecified atom stereocenters. The fourth-order valence-corrected chi connectivity index (χ4v) is 4.19. The minimum atomic E-state index is -0.375. The highest BCUT2D eigenvalue weighted by Crippen LogP contribution is 2.30. The number of likely N-dealkylation sites (tertiary alicyclic amines) is 1. The van der Waals surface area contributed by atoms with Gasteiger partial charge in [0.1, 0.15) is 19.3 Å². The molecule has 1 N–H and O–H groups in total. The van der Waals surface area contributed by atoms with Crippen LogP contribution in [0.2, 0.25) is 0 Å². The van der Waals surface area contributed by atoms with E-state index in [2.05, 4.69) is 5.32 Å². The number of nitrogens with zero attached hydrogens (tertiary/aromatic N) is 1. The van der Waals surface area contributed by atoms with Gasteiger partial charge in [0.05, 0.1) is 4.88 Å². The lowest BCUT2D eigenvalue weighted by Crippen LogP contribution is -2.46. The minimum absolute atomic E-state index is 0.0468. The van der Waals surface area contributed by atoms with Crippen LogP contribution in [0.4, 0.5) is 0 Å². The maximum atomic E-state index is 12.6. The number of ether oxygens (including phenoxy) is 2. The largest absolute Gasteiger partial charge is 0.486 e. The number of amides is 2. The molecule has 1 aromatic carbocycles. The van der Waals surface area contributed by atoms with Crippen molar-refractivity contribution in [1.29, 1.82) is 0 Å². The first-order chi connectivity index (χ1) is 13.2. The summed E-state index contributed by atoms with van der Waals surface area (Å²) in [6, 6.07) is 9.15. The second kappa shape index (κ2) is 8.00. The number of hydrogen-bond acceptors (Lipinski definition) is 5. The van der Waals surface area contributed by atoms with Gasteiger partial charge in [-0.2, -0.15) is 0 Å². The molecule has 0 bridgehead atoms. The fourth-order valence-electron chi connectivity index (χ4n) is 3.52. The molecular weight excluding hydrogens is 364 g/mol. The van der Waals surface area contributed by atoms with E-state index in [0.29, 0.717) is 44.0 Å². The van der Waals surface area contributed by atoms with E-state index in [4.69, 9.17) is 9.47 Å². The van der Waals surface area contributed by atoms with Gasteiger partial charge in [0.25, 0.3) is 5.91 Å². The van der Waals surface area contributed by atoms with Crippen molar-refractivity contribution in [3.05, 3.63) is 46.2 Å². The highest BCUT2D eigenvalue weighted by Gasteiger charge is 2.34. The summed E-state index contributed by atoms with van der Waals surface area (Å²) in [4.78, 5) is 27.6. The van der Waals surface area contributed by atoms with Gasteiger partial charge >= 0.3 is 0 Å². The van der Waals surface area contributed by atoms with Crippen molar-refractivity contribution >= 4 is 23.2 Å². The molecule has 6 nitrogen and oxygen atoms in total. The van der Waals surface area contributed by atoms with Gasteiger partial charge in [0, 0.05) is 13.1 Å². The molecule has 1 fully saturated rings. The van der Waals surface area contributed by atoms with Crippen molar-refractivity contribution in [3.8, 4) is 11.5 Å². The number of nitrogens with one attached hydrogen (secondary N) is 1. The summed E-state index contributed by atoms with van der Waals surface area (Å²) in [5.74, 6) is 1.40. The van der Waals surface area contributed by atoms with Crippen LogP contribution in [0.5, 0.6) is 11.5 Å². The minimum Gasteiger partial charge on any atom is -0.486 e. The van der Waals surface area contributed by atoms with Crippen LogP contribution in [0.1, 0.15) is 28.1 Å². The standard InChI is InChI=1S/C20H22N2O4S/c23-19(15-3-1-9-22(15)20(24)18-4-2-12-27-18)21-8-7-14-5-6-16-17(13-14)26-11-10-25-16/h2,4-6,12-13,15H,1,3,7-11H2,(H,21,23)/t15-/m1/s1. The molecule has 4 rings (SSSR count). The van der Waals surface area contributed by atoms with Gasteiger partial charge in [-0.05, 0) is 48.4 Å². The molecule has 2 aliphatic rings. The predicted molar refractivity (Wildman–Crippen MR) is 103 cm³/mol. The summed E-state index contributed by atoms with van der Waals surface area (Å²) in [5.41, 5.74) is 1.08. The van der Waals surface area contributed by atoms with Gasteiger partial charge in [-0.25, -0.2) is 0 Å². The Hall–Kier alpha value is -2.54. The van der Waals surface area contributed by atoms with Gasteiger partial charge in [0.2, 0.25) is 5.91 Å². The van der Waals surface area contributed by atoms with Crippen molar-refractivity contribution in [1.82, 2.24) is 10.2 Å². The molecule has 2 aliphatic heterocycles. The fraction of sp³-hybridized carbons (Fsp3) is 0.400. The molecule has 142 valence electrons. The van der Waals surface area contributed by atoms with Crippen LogP contribution in [-0.4, -0.2) is 49.1 Å². The first-order valence-corrected chi connectivity index (χ1v) is 10.1. The van der Waals surface area contributed by atoms with E-state index in [1.165, 1.54) is 11.3 Å². The van der Waals surface area contributed by atoms with E-state index in [0.717, 1.165) is 23.5 Å².